The molecule has 2 N–H and O–H groups in total. The number of thiophene rings is 1. The van der Waals surface area contributed by atoms with Crippen molar-refractivity contribution in [2.24, 2.45) is 5.92 Å². The molecule has 2 aliphatic carbocycles. The van der Waals surface area contributed by atoms with Gasteiger partial charge in [0.15, 0.2) is 0 Å². The second-order valence-electron chi connectivity index (χ2n) is 5.78. The molecule has 2 aliphatic rings. The van der Waals surface area contributed by atoms with Crippen LogP contribution in [0.15, 0.2) is 6.07 Å². The number of carbonyl (C=O) groups excluding carboxylic acids is 1. The van der Waals surface area contributed by atoms with Crippen molar-refractivity contribution in [3.8, 4) is 0 Å². The molecule has 5 heteroatoms. The van der Waals surface area contributed by atoms with E-state index < -0.39 is 5.97 Å². The van der Waals surface area contributed by atoms with E-state index in [9.17, 15) is 9.59 Å². The molecule has 108 valence electrons. The zero-order valence-corrected chi connectivity index (χ0v) is 12.2. The van der Waals surface area contributed by atoms with E-state index in [2.05, 4.69) is 5.32 Å². The van der Waals surface area contributed by atoms with E-state index in [4.69, 9.17) is 5.11 Å². The lowest BCUT2D eigenvalue weighted by atomic mass is 9.99. The minimum atomic E-state index is -0.742. The van der Waals surface area contributed by atoms with Gasteiger partial charge in [0, 0.05) is 10.9 Å². The number of fused-ring (bicyclic) bond motifs is 1. The first-order valence-electron chi connectivity index (χ1n) is 7.28. The van der Waals surface area contributed by atoms with Crippen LogP contribution in [0.2, 0.25) is 0 Å². The molecule has 1 heterocycles. The predicted molar refractivity (Wildman–Crippen MR) is 77.2 cm³/mol. The summed E-state index contributed by atoms with van der Waals surface area (Å²) < 4.78 is 0. The zero-order chi connectivity index (χ0) is 14.1. The number of aliphatic carboxylic acids is 1. The molecular formula is C15H19NO3S. The van der Waals surface area contributed by atoms with Gasteiger partial charge in [-0.25, -0.2) is 0 Å². The standard InChI is InChI=1S/C15H19NO3S/c17-14(16-11-6-5-10(7-11)15(18)19)13-8-9-3-1-2-4-12(9)20-13/h8,10-11H,1-7H2,(H,16,17)(H,18,19)/t10-,11+/m1/s1. The summed E-state index contributed by atoms with van der Waals surface area (Å²) in [5, 5.41) is 12.0. The molecule has 0 saturated heterocycles. The van der Waals surface area contributed by atoms with E-state index in [0.29, 0.717) is 12.8 Å². The number of carboxylic acid groups (broad SMARTS) is 1. The van der Waals surface area contributed by atoms with Gasteiger partial charge in [-0.2, -0.15) is 0 Å². The average Bonchev–Trinajstić information content (AvgIpc) is 3.04. The first-order valence-corrected chi connectivity index (χ1v) is 8.10. The van der Waals surface area contributed by atoms with Crippen molar-refractivity contribution in [2.45, 2.75) is 51.0 Å². The molecule has 0 unspecified atom stereocenters. The summed E-state index contributed by atoms with van der Waals surface area (Å²) in [6.07, 6.45) is 6.62. The molecule has 0 radical (unpaired) electrons. The van der Waals surface area contributed by atoms with E-state index in [0.717, 1.165) is 24.1 Å². The Morgan fingerprint density at radius 1 is 1.25 bits per heavy atom. The van der Waals surface area contributed by atoms with Crippen LogP contribution in [0.4, 0.5) is 0 Å². The monoisotopic (exact) mass is 293 g/mol. The smallest absolute Gasteiger partial charge is 0.306 e. The van der Waals surface area contributed by atoms with Crippen LogP contribution in [0.25, 0.3) is 0 Å². The van der Waals surface area contributed by atoms with Crippen molar-refractivity contribution < 1.29 is 14.7 Å². The molecule has 0 spiro atoms. The zero-order valence-electron chi connectivity index (χ0n) is 11.4. The van der Waals surface area contributed by atoms with Crippen LogP contribution in [0.1, 0.15) is 52.2 Å². The molecule has 1 fully saturated rings. The highest BCUT2D eigenvalue weighted by Crippen LogP contribution is 2.30. The van der Waals surface area contributed by atoms with Gasteiger partial charge in [0.1, 0.15) is 0 Å². The highest BCUT2D eigenvalue weighted by Gasteiger charge is 2.31. The first kappa shape index (κ1) is 13.6. The summed E-state index contributed by atoms with van der Waals surface area (Å²) in [6.45, 7) is 0. The Morgan fingerprint density at radius 2 is 2.05 bits per heavy atom. The number of hydrogen-bond acceptors (Lipinski definition) is 3. The summed E-state index contributed by atoms with van der Waals surface area (Å²) in [4.78, 5) is 25.3. The largest absolute Gasteiger partial charge is 0.481 e. The number of nitrogens with one attached hydrogen (secondary N) is 1. The molecule has 1 aromatic heterocycles. The normalized spacial score (nSPS) is 25.2. The fourth-order valence-electron chi connectivity index (χ4n) is 3.20. The fraction of sp³-hybridized carbons (Fsp3) is 0.600. The third kappa shape index (κ3) is 2.73. The van der Waals surface area contributed by atoms with Gasteiger partial charge in [0.25, 0.3) is 5.91 Å². The van der Waals surface area contributed by atoms with Gasteiger partial charge in [-0.15, -0.1) is 11.3 Å². The number of aryl methyl sites for hydroxylation is 2. The van der Waals surface area contributed by atoms with Crippen LogP contribution < -0.4 is 5.32 Å². The second-order valence-corrected chi connectivity index (χ2v) is 6.92. The van der Waals surface area contributed by atoms with Gasteiger partial charge >= 0.3 is 5.97 Å². The Morgan fingerprint density at radius 3 is 2.75 bits per heavy atom. The molecule has 0 aliphatic heterocycles. The second kappa shape index (κ2) is 5.56. The summed E-state index contributed by atoms with van der Waals surface area (Å²) in [5.41, 5.74) is 1.33. The van der Waals surface area contributed by atoms with Crippen LogP contribution in [-0.2, 0) is 17.6 Å². The SMILES string of the molecule is O=C(N[C@H]1CC[C@@H](C(=O)O)C1)c1cc2c(s1)CCCC2. The minimum Gasteiger partial charge on any atom is -0.481 e. The van der Waals surface area contributed by atoms with E-state index in [-0.39, 0.29) is 17.9 Å². The Labute approximate surface area is 122 Å². The van der Waals surface area contributed by atoms with Crippen LogP contribution in [0.3, 0.4) is 0 Å². The van der Waals surface area contributed by atoms with Gasteiger partial charge in [-0.05, 0) is 56.6 Å². The topological polar surface area (TPSA) is 66.4 Å². The van der Waals surface area contributed by atoms with Crippen LogP contribution in [0, 0.1) is 5.92 Å². The lowest BCUT2D eigenvalue weighted by Crippen LogP contribution is -2.32. The third-order valence-electron chi connectivity index (χ3n) is 4.34. The van der Waals surface area contributed by atoms with Crippen molar-refractivity contribution in [2.75, 3.05) is 0 Å². The lowest BCUT2D eigenvalue weighted by molar-refractivity contribution is -0.141. The third-order valence-corrected chi connectivity index (χ3v) is 5.57. The van der Waals surface area contributed by atoms with Crippen molar-refractivity contribution in [3.05, 3.63) is 21.4 Å². The maximum atomic E-state index is 12.2. The van der Waals surface area contributed by atoms with E-state index in [1.54, 1.807) is 11.3 Å². The number of carboxylic acids is 1. The van der Waals surface area contributed by atoms with Gasteiger partial charge < -0.3 is 10.4 Å². The lowest BCUT2D eigenvalue weighted by Gasteiger charge is -2.11. The summed E-state index contributed by atoms with van der Waals surface area (Å²) in [7, 11) is 0. The van der Waals surface area contributed by atoms with Gasteiger partial charge in [0.05, 0.1) is 10.8 Å². The highest BCUT2D eigenvalue weighted by molar-refractivity contribution is 7.14. The molecule has 1 amide bonds. The number of rotatable bonds is 3. The van der Waals surface area contributed by atoms with Crippen LogP contribution >= 0.6 is 11.3 Å². The predicted octanol–water partition coefficient (Wildman–Crippen LogP) is 2.61. The van der Waals surface area contributed by atoms with E-state index >= 15 is 0 Å². The van der Waals surface area contributed by atoms with Gasteiger partial charge in [0.2, 0.25) is 0 Å². The molecule has 1 saturated carbocycles. The number of carbonyl (C=O) groups is 2. The average molecular weight is 293 g/mol. The Bertz CT molecular complexity index is 514. The van der Waals surface area contributed by atoms with E-state index in [1.807, 2.05) is 6.07 Å². The summed E-state index contributed by atoms with van der Waals surface area (Å²) in [5.74, 6) is -1.06. The van der Waals surface area contributed by atoms with Crippen LogP contribution in [-0.4, -0.2) is 23.0 Å². The number of hydrogen-bond donors (Lipinski definition) is 2. The molecule has 1 aromatic rings. The Balaban J connectivity index is 1.62. The highest BCUT2D eigenvalue weighted by atomic mass is 32.1. The fourth-order valence-corrected chi connectivity index (χ4v) is 4.35. The summed E-state index contributed by atoms with van der Waals surface area (Å²) in [6, 6.07) is 2.04. The Hall–Kier alpha value is -1.36. The van der Waals surface area contributed by atoms with Crippen LogP contribution in [0.5, 0.6) is 0 Å². The Kier molecular flexibility index (Phi) is 3.78. The summed E-state index contributed by atoms with van der Waals surface area (Å²) >= 11 is 1.61. The molecule has 20 heavy (non-hydrogen) atoms. The molecular weight excluding hydrogens is 274 g/mol. The number of amides is 1. The maximum absolute atomic E-state index is 12.2. The van der Waals surface area contributed by atoms with E-state index in [1.165, 1.54) is 23.3 Å². The molecule has 0 bridgehead atoms. The van der Waals surface area contributed by atoms with Crippen molar-refractivity contribution in [1.82, 2.24) is 5.32 Å². The van der Waals surface area contributed by atoms with Gasteiger partial charge in [-0.3, -0.25) is 9.59 Å². The first-order chi connectivity index (χ1) is 9.63. The van der Waals surface area contributed by atoms with Crippen molar-refractivity contribution in [1.29, 1.82) is 0 Å². The maximum Gasteiger partial charge on any atom is 0.306 e. The van der Waals surface area contributed by atoms with Crippen molar-refractivity contribution >= 4 is 23.2 Å². The molecule has 0 aromatic carbocycles. The minimum absolute atomic E-state index is 0.0164. The molecule has 4 nitrogen and oxygen atoms in total. The van der Waals surface area contributed by atoms with Gasteiger partial charge in [-0.1, -0.05) is 0 Å². The quantitative estimate of drug-likeness (QED) is 0.900. The molecule has 2 atom stereocenters. The molecule has 3 rings (SSSR count). The van der Waals surface area contributed by atoms with Crippen molar-refractivity contribution in [3.63, 3.8) is 0 Å².